The van der Waals surface area contributed by atoms with Crippen molar-refractivity contribution in [2.45, 2.75) is 39.5 Å². The molecule has 0 aromatic carbocycles. The number of rotatable bonds is 5. The van der Waals surface area contributed by atoms with E-state index in [0.717, 1.165) is 36.9 Å². The van der Waals surface area contributed by atoms with Gasteiger partial charge in [0.05, 0.1) is 11.3 Å². The van der Waals surface area contributed by atoms with Gasteiger partial charge in [-0.3, -0.25) is 0 Å². The molecule has 116 valence electrons. The highest BCUT2D eigenvalue weighted by molar-refractivity contribution is 5.89. The number of aliphatic carboxylic acids is 1. The fourth-order valence-electron chi connectivity index (χ4n) is 2.32. The van der Waals surface area contributed by atoms with E-state index in [4.69, 9.17) is 9.84 Å². The van der Waals surface area contributed by atoms with Crippen LogP contribution in [0.1, 0.15) is 36.8 Å². The van der Waals surface area contributed by atoms with Gasteiger partial charge in [-0.1, -0.05) is 6.58 Å². The molecule has 0 amide bonds. The van der Waals surface area contributed by atoms with Crippen molar-refractivity contribution < 1.29 is 14.6 Å². The van der Waals surface area contributed by atoms with Crippen molar-refractivity contribution >= 4 is 5.97 Å². The molecule has 1 aliphatic carbocycles. The Morgan fingerprint density at radius 1 is 1.27 bits per heavy atom. The van der Waals surface area contributed by atoms with Gasteiger partial charge in [0.15, 0.2) is 0 Å². The summed E-state index contributed by atoms with van der Waals surface area (Å²) < 4.78 is 5.86. The van der Waals surface area contributed by atoms with Gasteiger partial charge in [0.25, 0.3) is 0 Å². The van der Waals surface area contributed by atoms with Gasteiger partial charge in [-0.15, -0.1) is 0 Å². The van der Waals surface area contributed by atoms with E-state index < -0.39 is 5.97 Å². The Bertz CT molecular complexity index is 660. The Morgan fingerprint density at radius 3 is 2.68 bits per heavy atom. The molecule has 0 spiro atoms. The molecule has 0 saturated carbocycles. The Balaban J connectivity index is 2.23. The van der Waals surface area contributed by atoms with Crippen LogP contribution in [0, 0.1) is 6.92 Å². The highest BCUT2D eigenvalue weighted by Crippen LogP contribution is 2.28. The molecule has 0 atom stereocenters. The van der Waals surface area contributed by atoms with E-state index in [1.165, 1.54) is 6.08 Å². The van der Waals surface area contributed by atoms with Crippen molar-refractivity contribution in [3.05, 3.63) is 53.2 Å². The van der Waals surface area contributed by atoms with Crippen LogP contribution in [-0.2, 0) is 17.6 Å². The number of aromatic nitrogens is 2. The SMILES string of the molecule is C=C(/C=C\C(=C/C)Oc1nc(C)nc2c1CCCC2)C(=O)O. The van der Waals surface area contributed by atoms with E-state index in [2.05, 4.69) is 16.5 Å². The second kappa shape index (κ2) is 7.02. The van der Waals surface area contributed by atoms with E-state index in [1.807, 2.05) is 13.8 Å². The first kappa shape index (κ1) is 15.9. The van der Waals surface area contributed by atoms with Crippen molar-refractivity contribution in [3.8, 4) is 5.88 Å². The maximum Gasteiger partial charge on any atom is 0.335 e. The third-order valence-corrected chi connectivity index (χ3v) is 3.48. The van der Waals surface area contributed by atoms with E-state index >= 15 is 0 Å². The number of hydrogen-bond donors (Lipinski definition) is 1. The zero-order chi connectivity index (χ0) is 16.1. The van der Waals surface area contributed by atoms with Crippen LogP contribution in [0.5, 0.6) is 5.88 Å². The molecule has 1 heterocycles. The molecule has 0 radical (unpaired) electrons. The van der Waals surface area contributed by atoms with Gasteiger partial charge in [0.1, 0.15) is 11.6 Å². The first-order valence-electron chi connectivity index (χ1n) is 7.32. The van der Waals surface area contributed by atoms with Crippen LogP contribution in [0.25, 0.3) is 0 Å². The molecule has 0 fully saturated rings. The third kappa shape index (κ3) is 3.81. The quantitative estimate of drug-likeness (QED) is 0.514. The molecule has 0 bridgehead atoms. The van der Waals surface area contributed by atoms with Gasteiger partial charge in [-0.05, 0) is 57.8 Å². The fourth-order valence-corrected chi connectivity index (χ4v) is 2.32. The summed E-state index contributed by atoms with van der Waals surface area (Å²) in [5, 5.41) is 8.82. The molecule has 1 aliphatic rings. The van der Waals surface area contributed by atoms with Crippen molar-refractivity contribution in [1.29, 1.82) is 0 Å². The molecule has 2 rings (SSSR count). The van der Waals surface area contributed by atoms with Crippen molar-refractivity contribution in [1.82, 2.24) is 9.97 Å². The zero-order valence-corrected chi connectivity index (χ0v) is 12.9. The molecular weight excluding hydrogens is 280 g/mol. The van der Waals surface area contributed by atoms with E-state index in [9.17, 15) is 4.79 Å². The van der Waals surface area contributed by atoms with Crippen LogP contribution in [0.4, 0.5) is 0 Å². The predicted molar refractivity (Wildman–Crippen MR) is 83.7 cm³/mol. The minimum atomic E-state index is -1.05. The maximum absolute atomic E-state index is 10.8. The Kier molecular flexibility index (Phi) is 5.09. The summed E-state index contributed by atoms with van der Waals surface area (Å²) in [5.41, 5.74) is 2.12. The van der Waals surface area contributed by atoms with Crippen LogP contribution < -0.4 is 4.74 Å². The summed E-state index contributed by atoms with van der Waals surface area (Å²) in [5.74, 6) is 0.737. The third-order valence-electron chi connectivity index (χ3n) is 3.48. The number of hydrogen-bond acceptors (Lipinski definition) is 4. The van der Waals surface area contributed by atoms with Crippen molar-refractivity contribution in [2.75, 3.05) is 0 Å². The van der Waals surface area contributed by atoms with Gasteiger partial charge in [-0.25, -0.2) is 9.78 Å². The highest BCUT2D eigenvalue weighted by Gasteiger charge is 2.18. The van der Waals surface area contributed by atoms with Crippen molar-refractivity contribution in [2.24, 2.45) is 0 Å². The summed E-state index contributed by atoms with van der Waals surface area (Å²) in [6.45, 7) is 7.13. The molecule has 5 nitrogen and oxygen atoms in total. The molecule has 0 unspecified atom stereocenters. The predicted octanol–water partition coefficient (Wildman–Crippen LogP) is 3.14. The normalized spacial score (nSPS) is 14.7. The Morgan fingerprint density at radius 2 is 2.00 bits per heavy atom. The second-order valence-corrected chi connectivity index (χ2v) is 5.17. The molecule has 1 aromatic heterocycles. The first-order chi connectivity index (χ1) is 10.5. The zero-order valence-electron chi connectivity index (χ0n) is 12.9. The van der Waals surface area contributed by atoms with Crippen LogP contribution in [0.3, 0.4) is 0 Å². The summed E-state index contributed by atoms with van der Waals surface area (Å²) in [7, 11) is 0. The molecule has 1 aromatic rings. The molecular formula is C17H20N2O3. The lowest BCUT2D eigenvalue weighted by Gasteiger charge is -2.18. The molecule has 0 aliphatic heterocycles. The molecule has 1 N–H and O–H groups in total. The summed E-state index contributed by atoms with van der Waals surface area (Å²) >= 11 is 0. The molecule has 0 saturated heterocycles. The maximum atomic E-state index is 10.8. The lowest BCUT2D eigenvalue weighted by atomic mass is 9.97. The summed E-state index contributed by atoms with van der Waals surface area (Å²) in [6, 6.07) is 0. The fraction of sp³-hybridized carbons (Fsp3) is 0.353. The van der Waals surface area contributed by atoms with Crippen LogP contribution in [0.2, 0.25) is 0 Å². The number of ether oxygens (including phenoxy) is 1. The lowest BCUT2D eigenvalue weighted by molar-refractivity contribution is -0.132. The Labute approximate surface area is 130 Å². The van der Waals surface area contributed by atoms with E-state index in [0.29, 0.717) is 17.5 Å². The number of fused-ring (bicyclic) bond motifs is 1. The number of allylic oxidation sites excluding steroid dienone is 2. The van der Waals surface area contributed by atoms with Gasteiger partial charge in [-0.2, -0.15) is 4.98 Å². The summed E-state index contributed by atoms with van der Waals surface area (Å²) in [4.78, 5) is 19.6. The monoisotopic (exact) mass is 300 g/mol. The topological polar surface area (TPSA) is 72.3 Å². The smallest absolute Gasteiger partial charge is 0.335 e. The van der Waals surface area contributed by atoms with Gasteiger partial charge < -0.3 is 9.84 Å². The van der Waals surface area contributed by atoms with Gasteiger partial charge in [0, 0.05) is 5.56 Å². The number of aryl methyl sites for hydroxylation is 2. The minimum Gasteiger partial charge on any atom is -0.478 e. The van der Waals surface area contributed by atoms with Crippen LogP contribution in [-0.4, -0.2) is 21.0 Å². The summed E-state index contributed by atoms with van der Waals surface area (Å²) in [6.07, 6.45) is 8.86. The van der Waals surface area contributed by atoms with Crippen LogP contribution in [0.15, 0.2) is 36.1 Å². The average Bonchev–Trinajstić information content (AvgIpc) is 2.50. The number of carboxylic acids is 1. The number of nitrogens with zero attached hydrogens (tertiary/aromatic N) is 2. The van der Waals surface area contributed by atoms with Crippen LogP contribution >= 0.6 is 0 Å². The van der Waals surface area contributed by atoms with Gasteiger partial charge in [0.2, 0.25) is 5.88 Å². The molecule has 22 heavy (non-hydrogen) atoms. The lowest BCUT2D eigenvalue weighted by Crippen LogP contribution is -2.11. The number of carbonyl (C=O) groups is 1. The molecule has 5 heteroatoms. The first-order valence-corrected chi connectivity index (χ1v) is 7.32. The second-order valence-electron chi connectivity index (χ2n) is 5.17. The van der Waals surface area contributed by atoms with E-state index in [1.54, 1.807) is 12.2 Å². The highest BCUT2D eigenvalue weighted by atomic mass is 16.5. The largest absolute Gasteiger partial charge is 0.478 e. The Hall–Kier alpha value is -2.43. The standard InChI is InChI=1S/C17H20N2O3/c1-4-13(10-9-11(2)17(20)21)22-16-14-7-5-6-8-15(14)18-12(3)19-16/h4,9-10H,2,5-8H2,1,3H3,(H,20,21)/b10-9-,13-4+. The van der Waals surface area contributed by atoms with Crippen molar-refractivity contribution in [3.63, 3.8) is 0 Å². The van der Waals surface area contributed by atoms with E-state index in [-0.39, 0.29) is 5.57 Å². The van der Waals surface area contributed by atoms with Gasteiger partial charge >= 0.3 is 5.97 Å². The average molecular weight is 300 g/mol. The minimum absolute atomic E-state index is 0.00356. The number of carboxylic acid groups (broad SMARTS) is 1.